The second kappa shape index (κ2) is 8.53. The minimum absolute atomic E-state index is 0.102. The van der Waals surface area contributed by atoms with Crippen molar-refractivity contribution in [2.24, 2.45) is 0 Å². The van der Waals surface area contributed by atoms with Crippen LogP contribution in [0.3, 0.4) is 0 Å². The average Bonchev–Trinajstić information content (AvgIpc) is 3.20. The number of aromatic nitrogens is 1. The van der Waals surface area contributed by atoms with Gasteiger partial charge < -0.3 is 5.32 Å². The second-order valence-corrected chi connectivity index (χ2v) is 9.66. The van der Waals surface area contributed by atoms with E-state index in [-0.39, 0.29) is 5.91 Å². The number of aryl methyl sites for hydroxylation is 1. The number of thiazole rings is 1. The number of hydrogen-bond acceptors (Lipinski definition) is 4. The highest BCUT2D eigenvalue weighted by Crippen LogP contribution is 2.34. The molecule has 5 heteroatoms. The van der Waals surface area contributed by atoms with Gasteiger partial charge in [-0.1, -0.05) is 71.9 Å². The van der Waals surface area contributed by atoms with Gasteiger partial charge in [0.05, 0.1) is 10.2 Å². The number of hydrogen-bond donors (Lipinski definition) is 1. The quantitative estimate of drug-likeness (QED) is 0.292. The van der Waals surface area contributed by atoms with Crippen molar-refractivity contribution in [3.63, 3.8) is 0 Å². The van der Waals surface area contributed by atoms with Gasteiger partial charge in [0.15, 0.2) is 4.34 Å². The Morgan fingerprint density at radius 3 is 2.65 bits per heavy atom. The minimum Gasteiger partial charge on any atom is -0.322 e. The van der Waals surface area contributed by atoms with E-state index in [2.05, 4.69) is 47.8 Å². The molecular formula is C26H20N2OS2. The Bertz CT molecular complexity index is 1380. The molecule has 0 bridgehead atoms. The van der Waals surface area contributed by atoms with Crippen molar-refractivity contribution < 1.29 is 4.79 Å². The topological polar surface area (TPSA) is 42.0 Å². The Kier molecular flexibility index (Phi) is 5.45. The lowest BCUT2D eigenvalue weighted by Crippen LogP contribution is -2.11. The van der Waals surface area contributed by atoms with Crippen LogP contribution in [0.15, 0.2) is 89.3 Å². The predicted molar refractivity (Wildman–Crippen MR) is 132 cm³/mol. The number of amides is 1. The highest BCUT2D eigenvalue weighted by molar-refractivity contribution is 8.00. The summed E-state index contributed by atoms with van der Waals surface area (Å²) in [7, 11) is 0. The van der Waals surface area contributed by atoms with Crippen LogP contribution in [0.5, 0.6) is 0 Å². The fourth-order valence-corrected chi connectivity index (χ4v) is 5.62. The van der Waals surface area contributed by atoms with Crippen molar-refractivity contribution in [2.75, 3.05) is 5.32 Å². The normalized spacial score (nSPS) is 11.1. The summed E-state index contributed by atoms with van der Waals surface area (Å²) in [4.78, 5) is 17.3. The number of rotatable bonds is 5. The van der Waals surface area contributed by atoms with E-state index in [1.807, 2.05) is 49.4 Å². The number of nitrogens with one attached hydrogen (secondary N) is 1. The van der Waals surface area contributed by atoms with E-state index in [1.165, 1.54) is 16.3 Å². The maximum Gasteiger partial charge on any atom is 0.255 e. The monoisotopic (exact) mass is 440 g/mol. The zero-order valence-electron chi connectivity index (χ0n) is 17.0. The summed E-state index contributed by atoms with van der Waals surface area (Å²) in [5.74, 6) is 0.771. The first-order valence-electron chi connectivity index (χ1n) is 10.0. The van der Waals surface area contributed by atoms with Gasteiger partial charge in [-0.05, 0) is 53.6 Å². The van der Waals surface area contributed by atoms with Crippen LogP contribution in [-0.2, 0) is 5.75 Å². The summed E-state index contributed by atoms with van der Waals surface area (Å²) < 4.78 is 2.10. The van der Waals surface area contributed by atoms with Gasteiger partial charge in [-0.25, -0.2) is 4.98 Å². The number of carbonyl (C=O) groups excluding carboxylic acids is 1. The maximum atomic E-state index is 12.5. The Morgan fingerprint density at radius 2 is 1.77 bits per heavy atom. The van der Waals surface area contributed by atoms with Crippen LogP contribution in [0, 0.1) is 6.92 Å². The molecule has 0 aliphatic carbocycles. The summed E-state index contributed by atoms with van der Waals surface area (Å²) in [6.45, 7) is 2.01. The molecule has 0 atom stereocenters. The molecule has 1 N–H and O–H groups in total. The smallest absolute Gasteiger partial charge is 0.255 e. The van der Waals surface area contributed by atoms with Crippen LogP contribution in [0.2, 0.25) is 0 Å². The van der Waals surface area contributed by atoms with Crippen molar-refractivity contribution in [3.8, 4) is 0 Å². The number of thioether (sulfide) groups is 1. The summed E-state index contributed by atoms with van der Waals surface area (Å²) >= 11 is 3.41. The lowest BCUT2D eigenvalue weighted by Gasteiger charge is -2.05. The van der Waals surface area contributed by atoms with Crippen molar-refractivity contribution in [3.05, 3.63) is 102 Å². The van der Waals surface area contributed by atoms with E-state index in [1.54, 1.807) is 23.1 Å². The van der Waals surface area contributed by atoms with Crippen LogP contribution in [0.4, 0.5) is 5.69 Å². The minimum atomic E-state index is -0.102. The predicted octanol–water partition coefficient (Wildman–Crippen LogP) is 7.30. The fourth-order valence-electron chi connectivity index (χ4n) is 3.51. The number of nitrogens with zero attached hydrogens (tertiary/aromatic N) is 1. The molecule has 0 saturated heterocycles. The Labute approximate surface area is 189 Å². The van der Waals surface area contributed by atoms with Crippen LogP contribution in [0.1, 0.15) is 21.5 Å². The third-order valence-electron chi connectivity index (χ3n) is 5.17. The Hall–Kier alpha value is -3.15. The molecule has 3 nitrogen and oxygen atoms in total. The maximum absolute atomic E-state index is 12.5. The first-order chi connectivity index (χ1) is 15.2. The van der Waals surface area contributed by atoms with Crippen LogP contribution in [-0.4, -0.2) is 10.9 Å². The molecule has 5 aromatic rings. The molecule has 0 spiro atoms. The lowest BCUT2D eigenvalue weighted by molar-refractivity contribution is 0.102. The molecule has 0 aliphatic heterocycles. The van der Waals surface area contributed by atoms with Crippen LogP contribution >= 0.6 is 23.1 Å². The number of fused-ring (bicyclic) bond motifs is 2. The first-order valence-corrected chi connectivity index (χ1v) is 11.8. The van der Waals surface area contributed by atoms with E-state index in [9.17, 15) is 4.79 Å². The van der Waals surface area contributed by atoms with Crippen LogP contribution < -0.4 is 5.32 Å². The standard InChI is InChI=1S/C26H20N2OS2/c1-17-9-11-19(12-10-17)25(29)27-21-13-14-23-24(15-21)31-26(28-23)30-16-20-7-4-6-18-5-2-3-8-22(18)20/h2-15H,16H2,1H3,(H,27,29). The molecular weight excluding hydrogens is 420 g/mol. The van der Waals surface area contributed by atoms with Gasteiger partial charge in [0.1, 0.15) is 0 Å². The molecule has 1 amide bonds. The van der Waals surface area contributed by atoms with E-state index < -0.39 is 0 Å². The zero-order chi connectivity index (χ0) is 21.2. The molecule has 0 saturated carbocycles. The number of carbonyl (C=O) groups is 1. The molecule has 0 unspecified atom stereocenters. The average molecular weight is 441 g/mol. The third kappa shape index (κ3) is 4.33. The molecule has 1 heterocycles. The zero-order valence-corrected chi connectivity index (χ0v) is 18.6. The van der Waals surface area contributed by atoms with Crippen molar-refractivity contribution >= 4 is 55.7 Å². The fraction of sp³-hybridized carbons (Fsp3) is 0.0769. The van der Waals surface area contributed by atoms with E-state index >= 15 is 0 Å². The summed E-state index contributed by atoms with van der Waals surface area (Å²) in [5.41, 5.74) is 4.84. The largest absolute Gasteiger partial charge is 0.322 e. The molecule has 5 rings (SSSR count). The van der Waals surface area contributed by atoms with Gasteiger partial charge in [-0.2, -0.15) is 0 Å². The molecule has 0 aliphatic rings. The molecule has 0 radical (unpaired) electrons. The van der Waals surface area contributed by atoms with Crippen molar-refractivity contribution in [2.45, 2.75) is 17.0 Å². The van der Waals surface area contributed by atoms with E-state index in [4.69, 9.17) is 4.98 Å². The highest BCUT2D eigenvalue weighted by Gasteiger charge is 2.10. The Morgan fingerprint density at radius 1 is 0.968 bits per heavy atom. The molecule has 0 fully saturated rings. The summed E-state index contributed by atoms with van der Waals surface area (Å²) in [6, 6.07) is 28.4. The van der Waals surface area contributed by atoms with Gasteiger partial charge >= 0.3 is 0 Å². The summed E-state index contributed by atoms with van der Waals surface area (Å²) in [5, 5.41) is 5.54. The molecule has 1 aromatic heterocycles. The van der Waals surface area contributed by atoms with Gasteiger partial charge in [0.25, 0.3) is 5.91 Å². The lowest BCUT2D eigenvalue weighted by atomic mass is 10.1. The molecule has 4 aromatic carbocycles. The third-order valence-corrected chi connectivity index (χ3v) is 7.38. The van der Waals surface area contributed by atoms with Gasteiger partial charge in [0.2, 0.25) is 0 Å². The van der Waals surface area contributed by atoms with Gasteiger partial charge in [-0.3, -0.25) is 4.79 Å². The van der Waals surface area contributed by atoms with E-state index in [0.717, 1.165) is 31.6 Å². The number of anilines is 1. The highest BCUT2D eigenvalue weighted by atomic mass is 32.2. The Balaban J connectivity index is 1.32. The molecule has 152 valence electrons. The van der Waals surface area contributed by atoms with Crippen LogP contribution in [0.25, 0.3) is 21.0 Å². The molecule has 31 heavy (non-hydrogen) atoms. The van der Waals surface area contributed by atoms with E-state index in [0.29, 0.717) is 5.56 Å². The summed E-state index contributed by atoms with van der Waals surface area (Å²) in [6.07, 6.45) is 0. The van der Waals surface area contributed by atoms with Crippen molar-refractivity contribution in [1.29, 1.82) is 0 Å². The number of benzene rings is 4. The van der Waals surface area contributed by atoms with Gasteiger partial charge in [-0.15, -0.1) is 11.3 Å². The SMILES string of the molecule is Cc1ccc(C(=O)Nc2ccc3nc(SCc4cccc5ccccc45)sc3c2)cc1. The van der Waals surface area contributed by atoms with Crippen molar-refractivity contribution in [1.82, 2.24) is 4.98 Å². The van der Waals surface area contributed by atoms with Gasteiger partial charge in [0, 0.05) is 17.0 Å². The second-order valence-electron chi connectivity index (χ2n) is 7.41. The first kappa shape index (κ1) is 19.8.